The largest absolute Gasteiger partial charge is 0.349 e. The number of carbonyl (C=O) groups is 1. The van der Waals surface area contributed by atoms with Gasteiger partial charge in [-0.15, -0.1) is 11.3 Å². The normalized spacial score (nSPS) is 12.7. The van der Waals surface area contributed by atoms with Gasteiger partial charge in [0.2, 0.25) is 0 Å². The van der Waals surface area contributed by atoms with Crippen molar-refractivity contribution in [2.45, 2.75) is 6.04 Å². The van der Waals surface area contributed by atoms with E-state index >= 15 is 0 Å². The number of hydrogen-bond acceptors (Lipinski definition) is 5. The minimum absolute atomic E-state index is 0.152. The van der Waals surface area contributed by atoms with Crippen LogP contribution in [0.2, 0.25) is 0 Å². The Kier molecular flexibility index (Phi) is 4.17. The van der Waals surface area contributed by atoms with Gasteiger partial charge in [0.05, 0.1) is 6.04 Å². The molecule has 0 saturated heterocycles. The number of hydrogen-bond donors (Lipinski definition) is 1. The van der Waals surface area contributed by atoms with E-state index in [2.05, 4.69) is 26.4 Å². The Morgan fingerprint density at radius 1 is 1.45 bits per heavy atom. The van der Waals surface area contributed by atoms with E-state index in [1.165, 1.54) is 4.88 Å². The van der Waals surface area contributed by atoms with Crippen LogP contribution in [0.3, 0.4) is 0 Å². The summed E-state index contributed by atoms with van der Waals surface area (Å²) in [4.78, 5) is 19.8. The molecular weight excluding hydrogens is 298 g/mol. The molecule has 0 bridgehead atoms. The van der Waals surface area contributed by atoms with Crippen molar-refractivity contribution in [3.8, 4) is 0 Å². The summed E-state index contributed by atoms with van der Waals surface area (Å²) in [5, 5.41) is 9.22. The van der Waals surface area contributed by atoms with Crippen LogP contribution in [-0.4, -0.2) is 46.0 Å². The quantitative estimate of drug-likeness (QED) is 0.780. The summed E-state index contributed by atoms with van der Waals surface area (Å²) in [5.74, 6) is -0.186. The third kappa shape index (κ3) is 3.00. The van der Waals surface area contributed by atoms with Gasteiger partial charge in [-0.2, -0.15) is 5.10 Å². The molecule has 1 N–H and O–H groups in total. The highest BCUT2D eigenvalue weighted by atomic mass is 32.1. The van der Waals surface area contributed by atoms with E-state index < -0.39 is 0 Å². The van der Waals surface area contributed by atoms with Crippen molar-refractivity contribution in [3.63, 3.8) is 0 Å². The lowest BCUT2D eigenvalue weighted by Crippen LogP contribution is -2.34. The number of amides is 1. The highest BCUT2D eigenvalue weighted by Crippen LogP contribution is 2.22. The van der Waals surface area contributed by atoms with Crippen molar-refractivity contribution in [2.75, 3.05) is 20.6 Å². The smallest absolute Gasteiger partial charge is 0.271 e. The first-order valence-electron chi connectivity index (χ1n) is 6.93. The SMILES string of the molecule is CN(C)C(CNC(=O)c1cc2ncccn2n1)c1cccs1. The molecule has 6 nitrogen and oxygen atoms in total. The lowest BCUT2D eigenvalue weighted by molar-refractivity contribution is 0.0937. The van der Waals surface area contributed by atoms with Crippen molar-refractivity contribution in [3.05, 3.63) is 52.6 Å². The maximum absolute atomic E-state index is 12.3. The zero-order valence-electron chi connectivity index (χ0n) is 12.4. The van der Waals surface area contributed by atoms with E-state index in [4.69, 9.17) is 0 Å². The number of thiophene rings is 1. The minimum atomic E-state index is -0.186. The van der Waals surface area contributed by atoms with E-state index in [0.717, 1.165) is 0 Å². The predicted molar refractivity (Wildman–Crippen MR) is 86.1 cm³/mol. The van der Waals surface area contributed by atoms with Crippen LogP contribution in [0.15, 0.2) is 42.0 Å². The molecule has 0 saturated carbocycles. The van der Waals surface area contributed by atoms with Crippen molar-refractivity contribution < 1.29 is 4.79 Å². The molecule has 7 heteroatoms. The van der Waals surface area contributed by atoms with E-state index in [0.29, 0.717) is 17.9 Å². The first kappa shape index (κ1) is 14.7. The maximum Gasteiger partial charge on any atom is 0.271 e. The number of rotatable bonds is 5. The Balaban J connectivity index is 1.71. The van der Waals surface area contributed by atoms with Gasteiger partial charge in [0.1, 0.15) is 0 Å². The molecule has 0 aliphatic rings. The summed E-state index contributed by atoms with van der Waals surface area (Å²) in [6.45, 7) is 0.535. The van der Waals surface area contributed by atoms with E-state index in [9.17, 15) is 4.79 Å². The van der Waals surface area contributed by atoms with Gasteiger partial charge in [-0.1, -0.05) is 6.07 Å². The molecule has 0 spiro atoms. The molecule has 0 aliphatic carbocycles. The van der Waals surface area contributed by atoms with Gasteiger partial charge in [-0.05, 0) is 31.6 Å². The summed E-state index contributed by atoms with van der Waals surface area (Å²) in [5.41, 5.74) is 1.04. The van der Waals surface area contributed by atoms with Crippen LogP contribution in [-0.2, 0) is 0 Å². The highest BCUT2D eigenvalue weighted by molar-refractivity contribution is 7.10. The maximum atomic E-state index is 12.3. The summed E-state index contributed by atoms with van der Waals surface area (Å²) >= 11 is 1.69. The first-order valence-corrected chi connectivity index (χ1v) is 7.81. The molecule has 0 aromatic carbocycles. The van der Waals surface area contributed by atoms with Crippen molar-refractivity contribution in [1.82, 2.24) is 24.8 Å². The van der Waals surface area contributed by atoms with Gasteiger partial charge in [0.15, 0.2) is 11.3 Å². The third-order valence-corrected chi connectivity index (χ3v) is 4.39. The molecule has 1 amide bonds. The Labute approximate surface area is 132 Å². The number of fused-ring (bicyclic) bond motifs is 1. The lowest BCUT2D eigenvalue weighted by Gasteiger charge is -2.23. The van der Waals surface area contributed by atoms with Crippen LogP contribution < -0.4 is 5.32 Å². The number of nitrogens with zero attached hydrogens (tertiary/aromatic N) is 4. The fourth-order valence-corrected chi connectivity index (χ4v) is 3.16. The van der Waals surface area contributed by atoms with E-state index in [1.807, 2.05) is 25.5 Å². The number of carbonyl (C=O) groups excluding carboxylic acids is 1. The van der Waals surface area contributed by atoms with Crippen LogP contribution in [0.1, 0.15) is 21.4 Å². The van der Waals surface area contributed by atoms with Crippen LogP contribution in [0.25, 0.3) is 5.65 Å². The Morgan fingerprint density at radius 2 is 2.32 bits per heavy atom. The molecule has 0 aliphatic heterocycles. The molecule has 3 heterocycles. The summed E-state index contributed by atoms with van der Waals surface area (Å²) in [6, 6.07) is 7.72. The molecule has 0 fully saturated rings. The number of aromatic nitrogens is 3. The molecule has 0 radical (unpaired) electrons. The summed E-state index contributed by atoms with van der Waals surface area (Å²) in [7, 11) is 4.01. The van der Waals surface area contributed by atoms with Crippen LogP contribution in [0.4, 0.5) is 0 Å². The van der Waals surface area contributed by atoms with Crippen molar-refractivity contribution in [1.29, 1.82) is 0 Å². The molecule has 22 heavy (non-hydrogen) atoms. The zero-order chi connectivity index (χ0) is 15.5. The van der Waals surface area contributed by atoms with Crippen LogP contribution in [0.5, 0.6) is 0 Å². The van der Waals surface area contributed by atoms with Gasteiger partial charge >= 0.3 is 0 Å². The van der Waals surface area contributed by atoms with E-state index in [-0.39, 0.29) is 11.9 Å². The predicted octanol–water partition coefficient (Wildman–Crippen LogP) is 1.82. The lowest BCUT2D eigenvalue weighted by atomic mass is 10.2. The minimum Gasteiger partial charge on any atom is -0.349 e. The monoisotopic (exact) mass is 315 g/mol. The van der Waals surface area contributed by atoms with Crippen molar-refractivity contribution >= 4 is 22.9 Å². The zero-order valence-corrected chi connectivity index (χ0v) is 13.2. The van der Waals surface area contributed by atoms with Crippen molar-refractivity contribution in [2.24, 2.45) is 0 Å². The molecule has 1 unspecified atom stereocenters. The first-order chi connectivity index (χ1) is 10.6. The second-order valence-electron chi connectivity index (χ2n) is 5.16. The average molecular weight is 315 g/mol. The molecule has 1 atom stereocenters. The van der Waals surface area contributed by atoms with Crippen LogP contribution in [0, 0.1) is 0 Å². The second-order valence-corrected chi connectivity index (χ2v) is 6.14. The Bertz CT molecular complexity index is 732. The second kappa shape index (κ2) is 6.25. The third-order valence-electron chi connectivity index (χ3n) is 3.42. The average Bonchev–Trinajstić information content (AvgIpc) is 3.16. The molecule has 3 aromatic rings. The highest BCUT2D eigenvalue weighted by Gasteiger charge is 2.18. The topological polar surface area (TPSA) is 62.5 Å². The van der Waals surface area contributed by atoms with Crippen LogP contribution >= 0.6 is 11.3 Å². The van der Waals surface area contributed by atoms with Gasteiger partial charge in [-0.25, -0.2) is 9.50 Å². The van der Waals surface area contributed by atoms with E-state index in [1.54, 1.807) is 40.4 Å². The summed E-state index contributed by atoms with van der Waals surface area (Å²) in [6.07, 6.45) is 3.45. The van der Waals surface area contributed by atoms with Gasteiger partial charge in [0.25, 0.3) is 5.91 Å². The number of likely N-dealkylation sites (N-methyl/N-ethyl adjacent to an activating group) is 1. The standard InChI is InChI=1S/C15H17N5OS/c1-19(2)12(13-5-3-8-22-13)10-17-15(21)11-9-14-16-6-4-7-20(14)18-11/h3-9,12H,10H2,1-2H3,(H,17,21). The molecule has 3 aromatic heterocycles. The van der Waals surface area contributed by atoms with Gasteiger partial charge in [0, 0.05) is 29.9 Å². The van der Waals surface area contributed by atoms with Gasteiger partial charge < -0.3 is 10.2 Å². The summed E-state index contributed by atoms with van der Waals surface area (Å²) < 4.78 is 1.59. The van der Waals surface area contributed by atoms with Gasteiger partial charge in [-0.3, -0.25) is 4.79 Å². The molecular formula is C15H17N5OS. The molecule has 114 valence electrons. The molecule has 3 rings (SSSR count). The number of nitrogens with one attached hydrogen (secondary N) is 1. The Hall–Kier alpha value is -2.25. The fourth-order valence-electron chi connectivity index (χ4n) is 2.24. The Morgan fingerprint density at radius 3 is 3.00 bits per heavy atom. The fraction of sp³-hybridized carbons (Fsp3) is 0.267.